The van der Waals surface area contributed by atoms with Gasteiger partial charge in [0.15, 0.2) is 10.8 Å². The first-order chi connectivity index (χ1) is 18.8. The number of nitriles is 1. The molecule has 1 aromatic carbocycles. The summed E-state index contributed by atoms with van der Waals surface area (Å²) in [5.74, 6) is -0.144. The maximum absolute atomic E-state index is 13.6. The third-order valence-corrected chi connectivity index (χ3v) is 8.10. The quantitative estimate of drug-likeness (QED) is 0.351. The van der Waals surface area contributed by atoms with Gasteiger partial charge in [-0.05, 0) is 75.3 Å². The number of benzene rings is 1. The largest absolute Gasteiger partial charge is 0.490 e. The topological polar surface area (TPSA) is 72.7 Å². The smallest absolute Gasteiger partial charge is 0.419 e. The van der Waals surface area contributed by atoms with Crippen molar-refractivity contribution in [1.29, 1.82) is 5.26 Å². The number of likely N-dealkylation sites (tertiary alicyclic amines) is 1. The predicted molar refractivity (Wildman–Crippen MR) is 136 cm³/mol. The summed E-state index contributed by atoms with van der Waals surface area (Å²) in [6.07, 6.45) is -7.09. The number of hydrogen-bond acceptors (Lipinski definition) is 6. The lowest BCUT2D eigenvalue weighted by Crippen LogP contribution is -2.55. The molecule has 2 atom stereocenters. The number of carbonyl (C=O) groups excluding carboxylic acids is 1. The van der Waals surface area contributed by atoms with Crippen LogP contribution in [0, 0.1) is 11.3 Å². The van der Waals surface area contributed by atoms with E-state index in [1.165, 1.54) is 18.0 Å². The lowest BCUT2D eigenvalue weighted by Gasteiger charge is -2.43. The van der Waals surface area contributed by atoms with E-state index in [-0.39, 0.29) is 23.8 Å². The Morgan fingerprint density at radius 2 is 1.80 bits per heavy atom. The Bertz CT molecular complexity index is 1370. The summed E-state index contributed by atoms with van der Waals surface area (Å²) < 4.78 is 86.6. The SMILES string of the molecule is CN1CC[C@@H](Oc2ccc(N3C(=S)N(c4cnc(C#N)c(C(F)(F)F)c4)C(=O)C34CCC4)cc2)CC1C(F)(F)F. The van der Waals surface area contributed by atoms with Crippen molar-refractivity contribution >= 4 is 34.6 Å². The van der Waals surface area contributed by atoms with Crippen molar-refractivity contribution < 1.29 is 35.9 Å². The van der Waals surface area contributed by atoms with E-state index in [9.17, 15) is 31.1 Å². The number of piperidine rings is 1. The summed E-state index contributed by atoms with van der Waals surface area (Å²) in [5.41, 5.74) is -2.88. The molecule has 3 aliphatic rings. The number of nitrogens with zero attached hydrogens (tertiary/aromatic N) is 5. The Morgan fingerprint density at radius 1 is 1.12 bits per heavy atom. The standard InChI is InChI=1S/C26H23F6N5O2S/c1-35-10-7-18(12-21(35)26(30,31)32)39-17-5-3-15(4-6-17)37-23(40)36(22(38)24(37)8-2-9-24)16-11-19(25(27,28)29)20(13-33)34-14-16/h3-6,11,14,18,21H,2,7-10,12H2,1H3/t18-,21?/m1/s1. The van der Waals surface area contributed by atoms with Gasteiger partial charge in [-0.2, -0.15) is 31.6 Å². The molecule has 0 N–H and O–H groups in total. The third-order valence-electron chi connectivity index (χ3n) is 7.73. The van der Waals surface area contributed by atoms with Crippen molar-refractivity contribution in [3.8, 4) is 11.8 Å². The highest BCUT2D eigenvalue weighted by Crippen LogP contribution is 2.48. The third kappa shape index (κ3) is 4.75. The number of thiocarbonyl (C=S) groups is 1. The van der Waals surface area contributed by atoms with Gasteiger partial charge in [0.2, 0.25) is 0 Å². The molecule has 2 aromatic rings. The van der Waals surface area contributed by atoms with E-state index in [4.69, 9.17) is 22.2 Å². The van der Waals surface area contributed by atoms with Crippen molar-refractivity contribution in [1.82, 2.24) is 9.88 Å². The maximum atomic E-state index is 13.6. The molecule has 7 nitrogen and oxygen atoms in total. The fourth-order valence-electron chi connectivity index (χ4n) is 5.50. The van der Waals surface area contributed by atoms with Gasteiger partial charge in [-0.15, -0.1) is 0 Å². The average Bonchev–Trinajstić information content (AvgIpc) is 3.10. The summed E-state index contributed by atoms with van der Waals surface area (Å²) in [4.78, 5) is 21.1. The lowest BCUT2D eigenvalue weighted by molar-refractivity contribution is -0.194. The summed E-state index contributed by atoms with van der Waals surface area (Å²) in [6, 6.07) is 6.89. The molecule has 40 heavy (non-hydrogen) atoms. The van der Waals surface area contributed by atoms with Gasteiger partial charge in [0, 0.05) is 18.7 Å². The number of aromatic nitrogens is 1. The van der Waals surface area contributed by atoms with Crippen LogP contribution < -0.4 is 14.5 Å². The lowest BCUT2D eigenvalue weighted by atomic mass is 9.75. The predicted octanol–water partition coefficient (Wildman–Crippen LogP) is 5.44. The van der Waals surface area contributed by atoms with Crippen molar-refractivity contribution in [3.05, 3.63) is 47.8 Å². The van der Waals surface area contributed by atoms with Gasteiger partial charge in [0.1, 0.15) is 29.5 Å². The second-order valence-corrected chi connectivity index (χ2v) is 10.5. The second-order valence-electron chi connectivity index (χ2n) is 10.1. The number of ether oxygens (including phenoxy) is 1. The highest BCUT2D eigenvalue weighted by molar-refractivity contribution is 7.81. The molecule has 2 aliphatic heterocycles. The van der Waals surface area contributed by atoms with E-state index in [0.29, 0.717) is 43.2 Å². The molecule has 1 spiro atoms. The van der Waals surface area contributed by atoms with Crippen molar-refractivity contribution in [2.45, 2.75) is 62.1 Å². The van der Waals surface area contributed by atoms with Gasteiger partial charge in [-0.25, -0.2) is 4.98 Å². The summed E-state index contributed by atoms with van der Waals surface area (Å²) >= 11 is 5.59. The van der Waals surface area contributed by atoms with Gasteiger partial charge in [0.25, 0.3) is 5.91 Å². The molecular formula is C26H23F6N5O2S. The van der Waals surface area contributed by atoms with E-state index < -0.39 is 47.2 Å². The van der Waals surface area contributed by atoms with Gasteiger partial charge in [-0.1, -0.05) is 0 Å². The first kappa shape index (κ1) is 28.1. The number of amides is 1. The van der Waals surface area contributed by atoms with Crippen molar-refractivity contribution in [3.63, 3.8) is 0 Å². The van der Waals surface area contributed by atoms with E-state index >= 15 is 0 Å². The number of rotatable bonds is 4. The molecule has 1 aliphatic carbocycles. The van der Waals surface area contributed by atoms with Crippen LogP contribution in [0.3, 0.4) is 0 Å². The number of anilines is 2. The molecule has 0 bridgehead atoms. The zero-order chi connectivity index (χ0) is 29.0. The fourth-order valence-corrected chi connectivity index (χ4v) is 5.96. The zero-order valence-corrected chi connectivity index (χ0v) is 21.9. The monoisotopic (exact) mass is 583 g/mol. The van der Waals surface area contributed by atoms with Crippen LogP contribution in [0.1, 0.15) is 43.4 Å². The molecular weight excluding hydrogens is 560 g/mol. The summed E-state index contributed by atoms with van der Waals surface area (Å²) in [6.45, 7) is 0.232. The molecule has 1 aromatic heterocycles. The second kappa shape index (κ2) is 9.88. The normalized spacial score (nSPS) is 23.4. The highest BCUT2D eigenvalue weighted by Gasteiger charge is 2.59. The van der Waals surface area contributed by atoms with Gasteiger partial charge < -0.3 is 9.64 Å². The van der Waals surface area contributed by atoms with Crippen molar-refractivity contribution in [2.24, 2.45) is 0 Å². The maximum Gasteiger partial charge on any atom is 0.419 e. The van der Waals surface area contributed by atoms with Gasteiger partial charge in [0.05, 0.1) is 17.4 Å². The molecule has 1 saturated carbocycles. The van der Waals surface area contributed by atoms with Crippen LogP contribution in [-0.2, 0) is 11.0 Å². The molecule has 5 rings (SSSR count). The number of alkyl halides is 6. The Labute approximate surface area is 230 Å². The molecule has 3 heterocycles. The molecule has 2 saturated heterocycles. The molecule has 1 unspecified atom stereocenters. The van der Waals surface area contributed by atoms with Gasteiger partial charge >= 0.3 is 12.4 Å². The number of carbonyl (C=O) groups is 1. The van der Waals surface area contributed by atoms with Crippen LogP contribution in [0.25, 0.3) is 0 Å². The molecule has 212 valence electrons. The fraction of sp³-hybridized carbons (Fsp3) is 0.462. The van der Waals surface area contributed by atoms with Crippen LogP contribution in [-0.4, -0.2) is 58.4 Å². The van der Waals surface area contributed by atoms with Crippen molar-refractivity contribution in [2.75, 3.05) is 23.4 Å². The van der Waals surface area contributed by atoms with Crippen LogP contribution in [0.15, 0.2) is 36.5 Å². The van der Waals surface area contributed by atoms with Crippen LogP contribution >= 0.6 is 12.2 Å². The first-order valence-corrected chi connectivity index (χ1v) is 12.9. The Balaban J connectivity index is 1.40. The minimum absolute atomic E-state index is 0.0404. The number of hydrogen-bond donors (Lipinski definition) is 0. The Hall–Kier alpha value is -3.44. The van der Waals surface area contributed by atoms with E-state index in [1.807, 2.05) is 0 Å². The summed E-state index contributed by atoms with van der Waals surface area (Å²) in [5, 5.41) is 9.02. The minimum Gasteiger partial charge on any atom is -0.490 e. The average molecular weight is 584 g/mol. The zero-order valence-electron chi connectivity index (χ0n) is 21.1. The molecule has 1 amide bonds. The van der Waals surface area contributed by atoms with Crippen LogP contribution in [0.5, 0.6) is 5.75 Å². The minimum atomic E-state index is -4.87. The molecule has 0 radical (unpaired) electrons. The number of pyridine rings is 1. The summed E-state index contributed by atoms with van der Waals surface area (Å²) in [7, 11) is 1.43. The number of halogens is 6. The Morgan fingerprint density at radius 3 is 2.35 bits per heavy atom. The Kier molecular flexibility index (Phi) is 6.94. The van der Waals surface area contributed by atoms with E-state index in [0.717, 1.165) is 11.1 Å². The molecule has 3 fully saturated rings. The van der Waals surface area contributed by atoms with E-state index in [1.54, 1.807) is 29.2 Å². The van der Waals surface area contributed by atoms with Gasteiger partial charge in [-0.3, -0.25) is 14.6 Å². The highest BCUT2D eigenvalue weighted by atomic mass is 32.1. The van der Waals surface area contributed by atoms with Crippen LogP contribution in [0.4, 0.5) is 37.7 Å². The van der Waals surface area contributed by atoms with E-state index in [2.05, 4.69) is 4.98 Å². The van der Waals surface area contributed by atoms with Crippen LogP contribution in [0.2, 0.25) is 0 Å². The molecule has 14 heteroatoms. The first-order valence-electron chi connectivity index (χ1n) is 12.5.